The first-order chi connectivity index (χ1) is 20.4. The second-order valence-corrected chi connectivity index (χ2v) is 10.5. The summed E-state index contributed by atoms with van der Waals surface area (Å²) < 4.78 is 51.2. The van der Waals surface area contributed by atoms with E-state index in [1.54, 1.807) is 13.0 Å². The molecule has 1 aliphatic carbocycles. The first-order valence-corrected chi connectivity index (χ1v) is 14.3. The van der Waals surface area contributed by atoms with Gasteiger partial charge < -0.3 is 23.8 Å². The van der Waals surface area contributed by atoms with Crippen LogP contribution in [0.2, 0.25) is 0 Å². The molecule has 0 aromatic heterocycles. The fraction of sp³-hybridized carbons (Fsp3) is 0.394. The molecule has 9 heteroatoms. The Morgan fingerprint density at radius 2 is 1.79 bits per heavy atom. The van der Waals surface area contributed by atoms with Crippen LogP contribution in [-0.2, 0) is 38.6 Å². The maximum atomic E-state index is 14.4. The van der Waals surface area contributed by atoms with Crippen molar-refractivity contribution in [1.29, 1.82) is 0 Å². The van der Waals surface area contributed by atoms with Gasteiger partial charge in [-0.2, -0.15) is 0 Å². The molecule has 0 saturated heterocycles. The number of carbonyl (C=O) groups excluding carboxylic acids is 2. The van der Waals surface area contributed by atoms with Gasteiger partial charge in [-0.15, -0.1) is 0 Å². The number of esters is 1. The lowest BCUT2D eigenvalue weighted by Crippen LogP contribution is -2.51. The second kappa shape index (κ2) is 13.3. The third-order valence-corrected chi connectivity index (χ3v) is 7.84. The van der Waals surface area contributed by atoms with E-state index in [1.165, 1.54) is 18.1 Å². The first kappa shape index (κ1) is 29.5. The normalized spacial score (nSPS) is 17.4. The molecule has 1 fully saturated rings. The molecule has 222 valence electrons. The van der Waals surface area contributed by atoms with Crippen LogP contribution >= 0.6 is 0 Å². The van der Waals surface area contributed by atoms with E-state index in [0.29, 0.717) is 17.1 Å². The Morgan fingerprint density at radius 1 is 1.02 bits per heavy atom. The predicted octanol–water partition coefficient (Wildman–Crippen LogP) is 6.07. The lowest BCUT2D eigenvalue weighted by Gasteiger charge is -2.38. The summed E-state index contributed by atoms with van der Waals surface area (Å²) in [5.74, 6) is -1.54. The monoisotopic (exact) mass is 579 g/mol. The average Bonchev–Trinajstić information content (AvgIpc) is 3.52. The van der Waals surface area contributed by atoms with Crippen LogP contribution in [0.1, 0.15) is 61.0 Å². The van der Waals surface area contributed by atoms with Crippen molar-refractivity contribution >= 4 is 11.9 Å². The number of rotatable bonds is 10. The van der Waals surface area contributed by atoms with Crippen molar-refractivity contribution in [1.82, 2.24) is 4.90 Å². The van der Waals surface area contributed by atoms with Crippen LogP contribution in [0.4, 0.5) is 8.78 Å². The molecule has 0 radical (unpaired) electrons. The zero-order valence-electron chi connectivity index (χ0n) is 23.8. The maximum Gasteiger partial charge on any atom is 0.329 e. The second-order valence-electron chi connectivity index (χ2n) is 10.5. The number of carbonyl (C=O) groups is 2. The fourth-order valence-corrected chi connectivity index (χ4v) is 5.68. The number of hydrogen-bond acceptors (Lipinski definition) is 6. The minimum Gasteiger partial charge on any atom is -0.493 e. The van der Waals surface area contributed by atoms with E-state index in [1.807, 2.05) is 36.4 Å². The van der Waals surface area contributed by atoms with Crippen molar-refractivity contribution in [2.24, 2.45) is 0 Å². The Kier molecular flexibility index (Phi) is 9.37. The van der Waals surface area contributed by atoms with Gasteiger partial charge in [0.1, 0.15) is 24.3 Å². The van der Waals surface area contributed by atoms with E-state index in [4.69, 9.17) is 18.9 Å². The Morgan fingerprint density at radius 3 is 2.48 bits per heavy atom. The molecule has 2 atom stereocenters. The summed E-state index contributed by atoms with van der Waals surface area (Å²) in [4.78, 5) is 29.1. The Hall–Kier alpha value is -3.98. The van der Waals surface area contributed by atoms with Gasteiger partial charge in [0.25, 0.3) is 5.91 Å². The van der Waals surface area contributed by atoms with E-state index < -0.39 is 29.7 Å². The quantitative estimate of drug-likeness (QED) is 0.272. The topological polar surface area (TPSA) is 74.3 Å². The summed E-state index contributed by atoms with van der Waals surface area (Å²) in [7, 11) is 1.49. The van der Waals surface area contributed by atoms with E-state index >= 15 is 0 Å². The minimum absolute atomic E-state index is 0.0339. The molecule has 1 heterocycles. The van der Waals surface area contributed by atoms with Crippen LogP contribution < -0.4 is 9.47 Å². The SMILES string of the molecule is CCOC(=O)[C@@H]1Cc2c(ccc(OC)c2OCc2ccc(F)cc2F)CN1C(=O)[C@@H](OC1CCCC1)c1ccccc1. The number of hydrogen-bond donors (Lipinski definition) is 0. The molecular weight excluding hydrogens is 544 g/mol. The van der Waals surface area contributed by atoms with Crippen LogP contribution in [0, 0.1) is 11.6 Å². The van der Waals surface area contributed by atoms with Gasteiger partial charge in [0.05, 0.1) is 19.8 Å². The lowest BCUT2D eigenvalue weighted by atomic mass is 9.91. The van der Waals surface area contributed by atoms with E-state index in [2.05, 4.69) is 0 Å². The summed E-state index contributed by atoms with van der Waals surface area (Å²) >= 11 is 0. The summed E-state index contributed by atoms with van der Waals surface area (Å²) in [5, 5.41) is 0. The van der Waals surface area contributed by atoms with Crippen molar-refractivity contribution in [2.75, 3.05) is 13.7 Å². The minimum atomic E-state index is -0.944. The third kappa shape index (κ3) is 6.41. The number of ether oxygens (including phenoxy) is 4. The summed E-state index contributed by atoms with van der Waals surface area (Å²) in [6.45, 7) is 1.79. The van der Waals surface area contributed by atoms with Crippen molar-refractivity contribution in [3.63, 3.8) is 0 Å². The van der Waals surface area contributed by atoms with Gasteiger partial charge >= 0.3 is 5.97 Å². The molecule has 5 rings (SSSR count). The van der Waals surface area contributed by atoms with Crippen LogP contribution in [0.25, 0.3) is 0 Å². The van der Waals surface area contributed by atoms with Gasteiger partial charge in [-0.25, -0.2) is 13.6 Å². The van der Waals surface area contributed by atoms with Crippen LogP contribution in [0.3, 0.4) is 0 Å². The number of benzene rings is 3. The highest BCUT2D eigenvalue weighted by atomic mass is 19.1. The molecule has 7 nitrogen and oxygen atoms in total. The van der Waals surface area contributed by atoms with Gasteiger partial charge in [0.2, 0.25) is 0 Å². The number of fused-ring (bicyclic) bond motifs is 1. The Balaban J connectivity index is 1.49. The van der Waals surface area contributed by atoms with Crippen molar-refractivity contribution in [3.8, 4) is 11.5 Å². The van der Waals surface area contributed by atoms with Crippen molar-refractivity contribution in [3.05, 3.63) is 94.6 Å². The zero-order valence-corrected chi connectivity index (χ0v) is 23.8. The fourth-order valence-electron chi connectivity index (χ4n) is 5.68. The first-order valence-electron chi connectivity index (χ1n) is 14.3. The number of amides is 1. The molecule has 42 heavy (non-hydrogen) atoms. The molecule has 1 saturated carbocycles. The van der Waals surface area contributed by atoms with Gasteiger partial charge in [-0.3, -0.25) is 4.79 Å². The van der Waals surface area contributed by atoms with Gasteiger partial charge in [-0.05, 0) is 49.1 Å². The van der Waals surface area contributed by atoms with Crippen molar-refractivity contribution in [2.45, 2.75) is 70.4 Å². The van der Waals surface area contributed by atoms with Crippen LogP contribution in [0.15, 0.2) is 60.7 Å². The molecule has 0 bridgehead atoms. The zero-order chi connectivity index (χ0) is 29.6. The smallest absolute Gasteiger partial charge is 0.329 e. The Labute approximate surface area is 244 Å². The largest absolute Gasteiger partial charge is 0.493 e. The molecule has 3 aromatic carbocycles. The van der Waals surface area contributed by atoms with Crippen LogP contribution in [-0.4, -0.2) is 42.6 Å². The number of halogens is 2. The molecule has 0 N–H and O–H groups in total. The molecule has 2 aliphatic rings. The summed E-state index contributed by atoms with van der Waals surface area (Å²) in [5.41, 5.74) is 2.31. The summed E-state index contributed by atoms with van der Waals surface area (Å²) in [6.07, 6.45) is 3.07. The highest BCUT2D eigenvalue weighted by molar-refractivity contribution is 5.89. The Bertz CT molecular complexity index is 1410. The number of nitrogens with zero attached hydrogens (tertiary/aromatic N) is 1. The van der Waals surface area contributed by atoms with E-state index in [9.17, 15) is 18.4 Å². The lowest BCUT2D eigenvalue weighted by molar-refractivity contribution is -0.163. The third-order valence-electron chi connectivity index (χ3n) is 7.84. The molecule has 0 unspecified atom stereocenters. The van der Waals surface area contributed by atoms with Crippen LogP contribution in [0.5, 0.6) is 11.5 Å². The van der Waals surface area contributed by atoms with Gasteiger partial charge in [-0.1, -0.05) is 49.2 Å². The number of methoxy groups -OCH3 is 1. The van der Waals surface area contributed by atoms with Gasteiger partial charge in [0.15, 0.2) is 17.6 Å². The molecule has 1 amide bonds. The maximum absolute atomic E-state index is 14.4. The van der Waals surface area contributed by atoms with E-state index in [-0.39, 0.29) is 43.8 Å². The highest BCUT2D eigenvalue weighted by Gasteiger charge is 2.41. The standard InChI is InChI=1S/C33H35F2NO6/c1-3-40-33(38)28-18-26-22(14-16-29(39-2)31(26)41-20-23-13-15-24(34)17-27(23)35)19-36(28)32(37)30(21-9-5-4-6-10-21)42-25-11-7-8-12-25/h4-6,9-10,13-17,25,28,30H,3,7-8,11-12,18-20H2,1-2H3/t28-,30-/m0/s1. The predicted molar refractivity (Wildman–Crippen MR) is 151 cm³/mol. The van der Waals surface area contributed by atoms with Gasteiger partial charge in [0, 0.05) is 30.2 Å². The van der Waals surface area contributed by atoms with Crippen molar-refractivity contribution < 1.29 is 37.3 Å². The average molecular weight is 580 g/mol. The molecule has 3 aromatic rings. The van der Waals surface area contributed by atoms with E-state index in [0.717, 1.165) is 48.9 Å². The molecule has 1 aliphatic heterocycles. The molecule has 0 spiro atoms. The molecular formula is C33H35F2NO6. The highest BCUT2D eigenvalue weighted by Crippen LogP contribution is 2.40. The summed E-state index contributed by atoms with van der Waals surface area (Å²) in [6, 6.07) is 15.2.